The van der Waals surface area contributed by atoms with Crippen molar-refractivity contribution in [3.05, 3.63) is 34.2 Å². The van der Waals surface area contributed by atoms with E-state index in [0.29, 0.717) is 23.6 Å². The fourth-order valence-corrected chi connectivity index (χ4v) is 3.34. The van der Waals surface area contributed by atoms with E-state index in [1.165, 1.54) is 6.07 Å². The largest absolute Gasteiger partial charge is 0.377 e. The van der Waals surface area contributed by atoms with Gasteiger partial charge in [-0.15, -0.1) is 0 Å². The van der Waals surface area contributed by atoms with E-state index in [2.05, 4.69) is 17.2 Å². The highest BCUT2D eigenvalue weighted by Gasteiger charge is 2.53. The topological polar surface area (TPSA) is 71.2 Å². The number of H-pyrrole nitrogens is 1. The second-order valence-electron chi connectivity index (χ2n) is 5.29. The molecule has 5 heteroatoms. The van der Waals surface area contributed by atoms with Crippen LogP contribution in [0.5, 0.6) is 0 Å². The number of rotatable bonds is 3. The van der Waals surface area contributed by atoms with Crippen LogP contribution in [0, 0.1) is 11.8 Å². The molecule has 2 heterocycles. The van der Waals surface area contributed by atoms with Crippen LogP contribution in [-0.2, 0) is 4.74 Å². The van der Waals surface area contributed by atoms with Gasteiger partial charge in [0, 0.05) is 30.6 Å². The predicted molar refractivity (Wildman–Crippen MR) is 69.9 cm³/mol. The van der Waals surface area contributed by atoms with Crippen molar-refractivity contribution in [2.24, 2.45) is 11.8 Å². The van der Waals surface area contributed by atoms with Crippen LogP contribution in [0.3, 0.4) is 0 Å². The van der Waals surface area contributed by atoms with Crippen LogP contribution >= 0.6 is 0 Å². The van der Waals surface area contributed by atoms with E-state index in [1.54, 1.807) is 12.1 Å². The number of amides is 1. The zero-order valence-electron chi connectivity index (χ0n) is 10.9. The Morgan fingerprint density at radius 1 is 1.53 bits per heavy atom. The molecule has 2 N–H and O–H groups in total. The van der Waals surface area contributed by atoms with Gasteiger partial charge < -0.3 is 15.0 Å². The molecule has 0 unspecified atom stereocenters. The van der Waals surface area contributed by atoms with Crippen LogP contribution < -0.4 is 10.9 Å². The first kappa shape index (κ1) is 12.4. The molecule has 1 amide bonds. The highest BCUT2D eigenvalue weighted by molar-refractivity contribution is 5.92. The summed E-state index contributed by atoms with van der Waals surface area (Å²) in [5.74, 6) is 0.628. The Bertz CT molecular complexity index is 539. The lowest BCUT2D eigenvalue weighted by molar-refractivity contribution is -0.0545. The van der Waals surface area contributed by atoms with Crippen molar-refractivity contribution < 1.29 is 9.53 Å². The summed E-state index contributed by atoms with van der Waals surface area (Å²) in [6, 6.07) is 4.79. The van der Waals surface area contributed by atoms with Crippen LogP contribution in [0.25, 0.3) is 0 Å². The number of pyridine rings is 1. The Labute approximate surface area is 111 Å². The number of aromatic nitrogens is 1. The summed E-state index contributed by atoms with van der Waals surface area (Å²) < 4.78 is 5.68. The van der Waals surface area contributed by atoms with Gasteiger partial charge >= 0.3 is 0 Å². The molecule has 0 bridgehead atoms. The molecule has 0 spiro atoms. The average molecular weight is 262 g/mol. The molecular weight excluding hydrogens is 244 g/mol. The number of nitrogens with one attached hydrogen (secondary N) is 2. The van der Waals surface area contributed by atoms with Gasteiger partial charge in [0.2, 0.25) is 5.56 Å². The Balaban J connectivity index is 1.71. The minimum Gasteiger partial charge on any atom is -0.377 e. The van der Waals surface area contributed by atoms with E-state index in [0.717, 1.165) is 19.4 Å². The van der Waals surface area contributed by atoms with Gasteiger partial charge in [-0.3, -0.25) is 9.59 Å². The van der Waals surface area contributed by atoms with Gasteiger partial charge in [0.05, 0.1) is 6.10 Å². The Kier molecular flexibility index (Phi) is 3.14. The van der Waals surface area contributed by atoms with Crippen molar-refractivity contribution in [1.82, 2.24) is 10.3 Å². The highest BCUT2D eigenvalue weighted by atomic mass is 16.5. The van der Waals surface area contributed by atoms with Gasteiger partial charge in [-0.05, 0) is 18.9 Å². The summed E-state index contributed by atoms with van der Waals surface area (Å²) in [6.45, 7) is 2.91. The zero-order valence-corrected chi connectivity index (χ0v) is 10.9. The maximum absolute atomic E-state index is 12.1. The van der Waals surface area contributed by atoms with Gasteiger partial charge in [0.1, 0.15) is 5.69 Å². The Hall–Kier alpha value is -1.62. The van der Waals surface area contributed by atoms with Crippen molar-refractivity contribution in [2.45, 2.75) is 31.9 Å². The lowest BCUT2D eigenvalue weighted by atomic mass is 9.65. The number of ether oxygens (including phenoxy) is 1. The maximum atomic E-state index is 12.1. The number of hydrogen-bond acceptors (Lipinski definition) is 3. The van der Waals surface area contributed by atoms with Crippen molar-refractivity contribution >= 4 is 5.91 Å². The van der Waals surface area contributed by atoms with Crippen LogP contribution in [0.1, 0.15) is 30.3 Å². The lowest BCUT2D eigenvalue weighted by Crippen LogP contribution is -2.61. The van der Waals surface area contributed by atoms with E-state index in [9.17, 15) is 9.59 Å². The zero-order chi connectivity index (χ0) is 13.4. The fraction of sp³-hybridized carbons (Fsp3) is 0.571. The van der Waals surface area contributed by atoms with Gasteiger partial charge in [0.15, 0.2) is 0 Å². The molecule has 0 radical (unpaired) electrons. The maximum Gasteiger partial charge on any atom is 0.268 e. The second-order valence-corrected chi connectivity index (χ2v) is 5.29. The molecule has 0 aromatic carbocycles. The summed E-state index contributed by atoms with van der Waals surface area (Å²) in [6.07, 6.45) is 2.32. The minimum absolute atomic E-state index is 0.175. The van der Waals surface area contributed by atoms with E-state index in [1.807, 2.05) is 0 Å². The smallest absolute Gasteiger partial charge is 0.268 e. The van der Waals surface area contributed by atoms with Crippen LogP contribution in [-0.4, -0.2) is 29.6 Å². The van der Waals surface area contributed by atoms with Crippen LogP contribution in [0.2, 0.25) is 0 Å². The minimum atomic E-state index is -0.254. The summed E-state index contributed by atoms with van der Waals surface area (Å²) in [4.78, 5) is 25.9. The molecule has 1 aliphatic heterocycles. The molecule has 19 heavy (non-hydrogen) atoms. The third kappa shape index (κ3) is 2.08. The fourth-order valence-electron chi connectivity index (χ4n) is 3.34. The summed E-state index contributed by atoms with van der Waals surface area (Å²) in [5.41, 5.74) is 0.0695. The third-order valence-electron chi connectivity index (χ3n) is 4.31. The van der Waals surface area contributed by atoms with Crippen LogP contribution in [0.4, 0.5) is 0 Å². The highest BCUT2D eigenvalue weighted by Crippen LogP contribution is 2.45. The normalized spacial score (nSPS) is 32.5. The first-order chi connectivity index (χ1) is 9.20. The van der Waals surface area contributed by atoms with Crippen molar-refractivity contribution in [3.63, 3.8) is 0 Å². The molecule has 3 rings (SSSR count). The van der Waals surface area contributed by atoms with Crippen molar-refractivity contribution in [2.75, 3.05) is 6.61 Å². The first-order valence-corrected chi connectivity index (χ1v) is 6.82. The third-order valence-corrected chi connectivity index (χ3v) is 4.31. The standard InChI is InChI=1S/C14H18N2O3/c1-2-8-12(9-6-7-19-13(8)9)16-14(18)10-4-3-5-11(17)15-10/h3-5,8-9,12-13H,2,6-7H2,1H3,(H,15,17)(H,16,18)/t8-,9+,12-,13-/m0/s1. The molecule has 1 saturated carbocycles. The van der Waals surface area contributed by atoms with E-state index >= 15 is 0 Å². The molecule has 5 nitrogen and oxygen atoms in total. The molecule has 2 fully saturated rings. The molecule has 2 aliphatic rings. The molecule has 1 aromatic heterocycles. The molecule has 102 valence electrons. The van der Waals surface area contributed by atoms with E-state index in [-0.39, 0.29) is 17.5 Å². The van der Waals surface area contributed by atoms with E-state index < -0.39 is 0 Å². The quantitative estimate of drug-likeness (QED) is 0.851. The first-order valence-electron chi connectivity index (χ1n) is 6.82. The number of hydrogen-bond donors (Lipinski definition) is 2. The van der Waals surface area contributed by atoms with Gasteiger partial charge in [-0.25, -0.2) is 0 Å². The van der Waals surface area contributed by atoms with Gasteiger partial charge in [-0.1, -0.05) is 13.0 Å². The number of carbonyl (C=O) groups excluding carboxylic acids is 1. The average Bonchev–Trinajstić information content (AvgIpc) is 2.81. The monoisotopic (exact) mass is 262 g/mol. The van der Waals surface area contributed by atoms with Crippen molar-refractivity contribution in [3.8, 4) is 0 Å². The molecule has 1 saturated heterocycles. The van der Waals surface area contributed by atoms with Gasteiger partial charge in [-0.2, -0.15) is 0 Å². The second kappa shape index (κ2) is 4.81. The molecule has 1 aliphatic carbocycles. The molecule has 1 aromatic rings. The molecule has 4 atom stereocenters. The summed E-state index contributed by atoms with van der Waals surface area (Å²) in [7, 11) is 0. The lowest BCUT2D eigenvalue weighted by Gasteiger charge is -2.47. The number of carbonyl (C=O) groups is 1. The van der Waals surface area contributed by atoms with Gasteiger partial charge in [0.25, 0.3) is 5.91 Å². The number of aromatic amines is 1. The molecular formula is C14H18N2O3. The SMILES string of the molecule is CC[C@H]1[C@H](NC(=O)c2cccc(=O)[nH]2)[C@H]2CCO[C@H]21. The van der Waals surface area contributed by atoms with E-state index in [4.69, 9.17) is 4.74 Å². The van der Waals surface area contributed by atoms with Crippen LogP contribution in [0.15, 0.2) is 23.0 Å². The number of fused-ring (bicyclic) bond motifs is 1. The van der Waals surface area contributed by atoms with Crippen molar-refractivity contribution in [1.29, 1.82) is 0 Å². The summed E-state index contributed by atoms with van der Waals surface area (Å²) >= 11 is 0. The summed E-state index contributed by atoms with van der Waals surface area (Å²) in [5, 5.41) is 3.04. The Morgan fingerprint density at radius 2 is 2.37 bits per heavy atom. The predicted octanol–water partition coefficient (Wildman–Crippen LogP) is 0.918. The Morgan fingerprint density at radius 3 is 3.11 bits per heavy atom.